The third-order valence-electron chi connectivity index (χ3n) is 4.96. The van der Waals surface area contributed by atoms with Gasteiger partial charge in [0.2, 0.25) is 0 Å². The molecule has 0 saturated carbocycles. The van der Waals surface area contributed by atoms with Gasteiger partial charge in [0.15, 0.2) is 0 Å². The summed E-state index contributed by atoms with van der Waals surface area (Å²) in [4.78, 5) is 14.9. The molecule has 0 aliphatic carbocycles. The Balaban J connectivity index is 1.56. The fraction of sp³-hybridized carbons (Fsp3) is 0.389. The summed E-state index contributed by atoms with van der Waals surface area (Å²) in [5.41, 5.74) is 0.721. The second-order valence-electron chi connectivity index (χ2n) is 6.32. The molecule has 1 amide bonds. The third-order valence-corrected chi connectivity index (χ3v) is 4.96. The molecule has 2 heterocycles. The van der Waals surface area contributed by atoms with E-state index >= 15 is 0 Å². The number of nitrogens with zero attached hydrogens (tertiary/aromatic N) is 1. The summed E-state index contributed by atoms with van der Waals surface area (Å²) in [5.74, 6) is 1.47. The minimum Gasteiger partial charge on any atom is -0.497 e. The summed E-state index contributed by atoms with van der Waals surface area (Å²) in [6.07, 6.45) is 1.21. The maximum Gasteiger partial charge on any atom is 0.251 e. The monoisotopic (exact) mass is 296 g/mol. The fourth-order valence-corrected chi connectivity index (χ4v) is 3.69. The minimum absolute atomic E-state index is 0.0310. The molecule has 2 aromatic rings. The first-order valence-electron chi connectivity index (χ1n) is 7.84. The van der Waals surface area contributed by atoms with E-state index in [1.165, 1.54) is 13.0 Å². The molecule has 0 spiro atoms. The zero-order chi connectivity index (χ0) is 15.1. The second kappa shape index (κ2) is 5.29. The molecule has 1 N–H and O–H groups in total. The zero-order valence-corrected chi connectivity index (χ0v) is 12.7. The van der Waals surface area contributed by atoms with Gasteiger partial charge in [0, 0.05) is 24.7 Å². The van der Waals surface area contributed by atoms with Crippen LogP contribution in [0, 0.1) is 5.92 Å². The van der Waals surface area contributed by atoms with Crippen LogP contribution in [-0.4, -0.2) is 43.6 Å². The number of nitrogens with one attached hydrogen (secondary N) is 1. The molecule has 3 atom stereocenters. The third kappa shape index (κ3) is 2.33. The molecule has 4 rings (SSSR count). The SMILES string of the molecule is COc1ccc2ccc(C(=O)NC3CN4CC[C@H]3C4)cc2c1. The van der Waals surface area contributed by atoms with E-state index in [4.69, 9.17) is 4.74 Å². The van der Waals surface area contributed by atoms with Crippen LogP contribution in [0.4, 0.5) is 0 Å². The van der Waals surface area contributed by atoms with Crippen molar-refractivity contribution >= 4 is 16.7 Å². The molecule has 2 aliphatic rings. The van der Waals surface area contributed by atoms with Crippen molar-refractivity contribution in [3.8, 4) is 5.75 Å². The maximum absolute atomic E-state index is 12.5. The molecule has 4 heteroatoms. The Labute approximate surface area is 130 Å². The predicted octanol–water partition coefficient (Wildman–Crippen LogP) is 2.28. The van der Waals surface area contributed by atoms with Crippen molar-refractivity contribution in [2.45, 2.75) is 12.5 Å². The predicted molar refractivity (Wildman–Crippen MR) is 86.3 cm³/mol. The summed E-state index contributed by atoms with van der Waals surface area (Å²) < 4.78 is 5.26. The topological polar surface area (TPSA) is 41.6 Å². The average Bonchev–Trinajstić information content (AvgIpc) is 3.16. The van der Waals surface area contributed by atoms with Crippen LogP contribution in [0.1, 0.15) is 16.8 Å². The first-order valence-corrected chi connectivity index (χ1v) is 7.84. The molecule has 4 nitrogen and oxygen atoms in total. The van der Waals surface area contributed by atoms with Gasteiger partial charge in [-0.1, -0.05) is 12.1 Å². The van der Waals surface area contributed by atoms with Crippen LogP contribution in [0.5, 0.6) is 5.75 Å². The molecule has 2 aromatic carbocycles. The number of hydrogen-bond acceptors (Lipinski definition) is 3. The van der Waals surface area contributed by atoms with Crippen LogP contribution in [0.15, 0.2) is 36.4 Å². The van der Waals surface area contributed by atoms with Crippen molar-refractivity contribution in [2.75, 3.05) is 26.7 Å². The number of benzene rings is 2. The Morgan fingerprint density at radius 3 is 2.77 bits per heavy atom. The van der Waals surface area contributed by atoms with Gasteiger partial charge in [-0.25, -0.2) is 0 Å². The molecule has 0 radical (unpaired) electrons. The van der Waals surface area contributed by atoms with Gasteiger partial charge in [-0.15, -0.1) is 0 Å². The van der Waals surface area contributed by atoms with Gasteiger partial charge in [-0.05, 0) is 53.9 Å². The van der Waals surface area contributed by atoms with Gasteiger partial charge >= 0.3 is 0 Å². The van der Waals surface area contributed by atoms with E-state index < -0.39 is 0 Å². The van der Waals surface area contributed by atoms with Gasteiger partial charge in [-0.3, -0.25) is 4.79 Å². The van der Waals surface area contributed by atoms with Crippen molar-refractivity contribution in [2.24, 2.45) is 5.92 Å². The molecule has 2 aliphatic heterocycles. The van der Waals surface area contributed by atoms with Crippen molar-refractivity contribution < 1.29 is 9.53 Å². The zero-order valence-electron chi connectivity index (χ0n) is 12.7. The summed E-state index contributed by atoms with van der Waals surface area (Å²) in [7, 11) is 1.65. The smallest absolute Gasteiger partial charge is 0.251 e. The van der Waals surface area contributed by atoms with Crippen molar-refractivity contribution in [3.05, 3.63) is 42.0 Å². The van der Waals surface area contributed by atoms with E-state index in [9.17, 15) is 4.79 Å². The van der Waals surface area contributed by atoms with Gasteiger partial charge < -0.3 is 15.0 Å². The number of fused-ring (bicyclic) bond motifs is 3. The quantitative estimate of drug-likeness (QED) is 0.945. The van der Waals surface area contributed by atoms with Gasteiger partial charge in [0.25, 0.3) is 5.91 Å². The highest BCUT2D eigenvalue weighted by Gasteiger charge is 2.38. The van der Waals surface area contributed by atoms with Crippen LogP contribution in [0.3, 0.4) is 0 Å². The molecule has 2 fully saturated rings. The van der Waals surface area contributed by atoms with E-state index in [-0.39, 0.29) is 5.91 Å². The lowest BCUT2D eigenvalue weighted by molar-refractivity contribution is 0.0924. The number of carbonyl (C=O) groups is 1. The van der Waals surface area contributed by atoms with E-state index in [1.54, 1.807) is 7.11 Å². The largest absolute Gasteiger partial charge is 0.497 e. The summed E-state index contributed by atoms with van der Waals surface area (Å²) in [5, 5.41) is 5.35. The normalized spacial score (nSPS) is 26.3. The highest BCUT2D eigenvalue weighted by atomic mass is 16.5. The summed E-state index contributed by atoms with van der Waals surface area (Å²) in [6, 6.07) is 12.1. The Morgan fingerprint density at radius 2 is 2.05 bits per heavy atom. The molecule has 114 valence electrons. The fourth-order valence-electron chi connectivity index (χ4n) is 3.69. The van der Waals surface area contributed by atoms with Crippen molar-refractivity contribution in [1.29, 1.82) is 0 Å². The van der Waals surface area contributed by atoms with Crippen LogP contribution >= 0.6 is 0 Å². The minimum atomic E-state index is 0.0310. The van der Waals surface area contributed by atoms with Gasteiger partial charge in [-0.2, -0.15) is 0 Å². The molecule has 22 heavy (non-hydrogen) atoms. The molecular weight excluding hydrogens is 276 g/mol. The maximum atomic E-state index is 12.5. The molecule has 0 aromatic heterocycles. The van der Waals surface area contributed by atoms with Gasteiger partial charge in [0.05, 0.1) is 7.11 Å². The number of rotatable bonds is 3. The van der Waals surface area contributed by atoms with Crippen LogP contribution in [0.25, 0.3) is 10.8 Å². The van der Waals surface area contributed by atoms with Crippen LogP contribution in [0.2, 0.25) is 0 Å². The van der Waals surface area contributed by atoms with E-state index in [2.05, 4.69) is 10.2 Å². The first kappa shape index (κ1) is 13.6. The molecular formula is C18H20N2O2. The van der Waals surface area contributed by atoms with E-state index in [1.807, 2.05) is 36.4 Å². The Morgan fingerprint density at radius 1 is 1.18 bits per heavy atom. The van der Waals surface area contributed by atoms with E-state index in [0.29, 0.717) is 12.0 Å². The number of piperidine rings is 1. The van der Waals surface area contributed by atoms with E-state index in [0.717, 1.165) is 35.2 Å². The summed E-state index contributed by atoms with van der Waals surface area (Å²) >= 11 is 0. The first-order chi connectivity index (χ1) is 10.7. The van der Waals surface area contributed by atoms with Crippen LogP contribution < -0.4 is 10.1 Å². The standard InChI is InChI=1S/C18H20N2O2/c1-22-16-5-4-12-2-3-13(8-15(12)9-16)18(21)19-17-11-20-7-6-14(17)10-20/h2-5,8-9,14,17H,6-7,10-11H2,1H3,(H,19,21)/t14-,17?/m0/s1. The van der Waals surface area contributed by atoms with Crippen LogP contribution in [-0.2, 0) is 0 Å². The van der Waals surface area contributed by atoms with Gasteiger partial charge in [0.1, 0.15) is 5.75 Å². The Kier molecular flexibility index (Phi) is 3.26. The lowest BCUT2D eigenvalue weighted by Crippen LogP contribution is -2.43. The lowest BCUT2D eigenvalue weighted by atomic mass is 9.99. The Bertz CT molecular complexity index is 728. The van der Waals surface area contributed by atoms with Crippen molar-refractivity contribution in [3.63, 3.8) is 0 Å². The lowest BCUT2D eigenvalue weighted by Gasteiger charge is -2.23. The number of ether oxygens (including phenoxy) is 1. The summed E-state index contributed by atoms with van der Waals surface area (Å²) in [6.45, 7) is 3.32. The molecule has 2 saturated heterocycles. The molecule has 2 bridgehead atoms. The number of carbonyl (C=O) groups excluding carboxylic acids is 1. The highest BCUT2D eigenvalue weighted by molar-refractivity contribution is 5.99. The average molecular weight is 296 g/mol. The second-order valence-corrected chi connectivity index (χ2v) is 6.32. The highest BCUT2D eigenvalue weighted by Crippen LogP contribution is 2.28. The Hall–Kier alpha value is -2.07. The van der Waals surface area contributed by atoms with Crippen molar-refractivity contribution in [1.82, 2.24) is 10.2 Å². The molecule has 2 unspecified atom stereocenters. The number of methoxy groups -OCH3 is 1. The number of amides is 1. The number of hydrogen-bond donors (Lipinski definition) is 1.